The Hall–Kier alpha value is -1.07. The molecule has 1 aromatic carbocycles. The van der Waals surface area contributed by atoms with Gasteiger partial charge in [-0.05, 0) is 52.9 Å². The number of nitrogens with zero attached hydrogens (tertiary/aromatic N) is 1. The van der Waals surface area contributed by atoms with Crippen LogP contribution in [0.15, 0.2) is 22.7 Å². The number of rotatable bonds is 5. The number of ether oxygens (including phenoxy) is 1. The van der Waals surface area contributed by atoms with Gasteiger partial charge in [-0.3, -0.25) is 4.79 Å². The second kappa shape index (κ2) is 7.09. The van der Waals surface area contributed by atoms with E-state index in [9.17, 15) is 9.90 Å². The zero-order valence-electron chi connectivity index (χ0n) is 11.6. The largest absolute Gasteiger partial charge is 0.496 e. The monoisotopic (exact) mass is 341 g/mol. The van der Waals surface area contributed by atoms with Crippen molar-refractivity contribution in [3.05, 3.63) is 28.2 Å². The molecule has 1 aromatic rings. The van der Waals surface area contributed by atoms with E-state index in [-0.39, 0.29) is 18.6 Å². The maximum atomic E-state index is 12.2. The standard InChI is InChI=1S/C15H20BrNO3/c1-20-14-6-4-11(9-13(14)16)5-7-15(19)17-8-2-3-12(17)10-18/h4,6,9,12,18H,2-3,5,7-8,10H2,1H3/t12-/m0/s1. The normalized spacial score (nSPS) is 18.4. The molecule has 20 heavy (non-hydrogen) atoms. The van der Waals surface area contributed by atoms with Gasteiger partial charge >= 0.3 is 0 Å². The number of amides is 1. The number of hydrogen-bond donors (Lipinski definition) is 1. The number of carbonyl (C=O) groups excluding carboxylic acids is 1. The molecule has 1 saturated heterocycles. The van der Waals surface area contributed by atoms with E-state index in [0.29, 0.717) is 12.8 Å². The molecule has 0 saturated carbocycles. The molecule has 0 bridgehead atoms. The first-order chi connectivity index (χ1) is 9.65. The van der Waals surface area contributed by atoms with E-state index in [2.05, 4.69) is 15.9 Å². The van der Waals surface area contributed by atoms with Crippen molar-refractivity contribution in [2.45, 2.75) is 31.7 Å². The molecule has 0 aliphatic carbocycles. The zero-order valence-corrected chi connectivity index (χ0v) is 13.2. The lowest BCUT2D eigenvalue weighted by Gasteiger charge is -2.23. The van der Waals surface area contributed by atoms with Crippen LogP contribution in [0, 0.1) is 0 Å². The molecule has 0 spiro atoms. The van der Waals surface area contributed by atoms with Gasteiger partial charge in [-0.15, -0.1) is 0 Å². The summed E-state index contributed by atoms with van der Waals surface area (Å²) in [5.41, 5.74) is 1.10. The van der Waals surface area contributed by atoms with Gasteiger partial charge < -0.3 is 14.7 Å². The van der Waals surface area contributed by atoms with Crippen LogP contribution in [0.2, 0.25) is 0 Å². The first-order valence-corrected chi connectivity index (χ1v) is 7.67. The van der Waals surface area contributed by atoms with Crippen molar-refractivity contribution in [2.24, 2.45) is 0 Å². The topological polar surface area (TPSA) is 49.8 Å². The van der Waals surface area contributed by atoms with E-state index in [4.69, 9.17) is 4.74 Å². The molecular formula is C15H20BrNO3. The molecule has 1 amide bonds. The molecule has 2 rings (SSSR count). The van der Waals surface area contributed by atoms with Crippen LogP contribution in [0.5, 0.6) is 5.75 Å². The quantitative estimate of drug-likeness (QED) is 0.894. The summed E-state index contributed by atoms with van der Waals surface area (Å²) in [5.74, 6) is 0.924. The van der Waals surface area contributed by atoms with Gasteiger partial charge in [0.25, 0.3) is 0 Å². The third-order valence-electron chi connectivity index (χ3n) is 3.75. The Morgan fingerprint density at radius 2 is 2.35 bits per heavy atom. The third kappa shape index (κ3) is 3.52. The van der Waals surface area contributed by atoms with Crippen molar-refractivity contribution in [1.82, 2.24) is 4.90 Å². The molecule has 1 aliphatic rings. The van der Waals surface area contributed by atoms with E-state index in [1.165, 1.54) is 0 Å². The van der Waals surface area contributed by atoms with Gasteiger partial charge in [0.05, 0.1) is 24.2 Å². The number of aryl methyl sites for hydroxylation is 1. The number of aliphatic hydroxyl groups excluding tert-OH is 1. The highest BCUT2D eigenvalue weighted by atomic mass is 79.9. The van der Waals surface area contributed by atoms with Gasteiger partial charge in [-0.1, -0.05) is 6.07 Å². The van der Waals surface area contributed by atoms with Crippen LogP contribution in [0.1, 0.15) is 24.8 Å². The minimum absolute atomic E-state index is 0.0186. The average molecular weight is 342 g/mol. The number of carbonyl (C=O) groups is 1. The Bertz CT molecular complexity index is 478. The van der Waals surface area contributed by atoms with Crippen molar-refractivity contribution in [3.63, 3.8) is 0 Å². The van der Waals surface area contributed by atoms with Gasteiger partial charge in [-0.25, -0.2) is 0 Å². The first-order valence-electron chi connectivity index (χ1n) is 6.88. The summed E-state index contributed by atoms with van der Waals surface area (Å²) in [6.07, 6.45) is 3.09. The van der Waals surface area contributed by atoms with Crippen LogP contribution < -0.4 is 4.74 Å². The second-order valence-electron chi connectivity index (χ2n) is 5.03. The first kappa shape index (κ1) is 15.3. The van der Waals surface area contributed by atoms with Crippen LogP contribution >= 0.6 is 15.9 Å². The zero-order chi connectivity index (χ0) is 14.5. The molecule has 1 aliphatic heterocycles. The maximum Gasteiger partial charge on any atom is 0.223 e. The van der Waals surface area contributed by atoms with Crippen molar-refractivity contribution in [1.29, 1.82) is 0 Å². The Labute approximate surface area is 127 Å². The molecule has 110 valence electrons. The maximum absolute atomic E-state index is 12.2. The van der Waals surface area contributed by atoms with Gasteiger partial charge in [0, 0.05) is 13.0 Å². The van der Waals surface area contributed by atoms with Crippen molar-refractivity contribution >= 4 is 21.8 Å². The second-order valence-corrected chi connectivity index (χ2v) is 5.89. The number of benzene rings is 1. The van der Waals surface area contributed by atoms with E-state index in [1.807, 2.05) is 23.1 Å². The summed E-state index contributed by atoms with van der Waals surface area (Å²) in [5, 5.41) is 9.25. The molecule has 0 unspecified atom stereocenters. The summed E-state index contributed by atoms with van der Waals surface area (Å²) >= 11 is 3.45. The minimum atomic E-state index is 0.0186. The van der Waals surface area contributed by atoms with E-state index in [1.54, 1.807) is 7.11 Å². The van der Waals surface area contributed by atoms with Crippen molar-refractivity contribution in [2.75, 3.05) is 20.3 Å². The number of aliphatic hydroxyl groups is 1. The molecule has 1 N–H and O–H groups in total. The Balaban J connectivity index is 1.91. The smallest absolute Gasteiger partial charge is 0.223 e. The molecule has 0 radical (unpaired) electrons. The minimum Gasteiger partial charge on any atom is -0.496 e. The molecule has 1 fully saturated rings. The van der Waals surface area contributed by atoms with Gasteiger partial charge in [-0.2, -0.15) is 0 Å². The lowest BCUT2D eigenvalue weighted by molar-refractivity contribution is -0.132. The predicted molar refractivity (Wildman–Crippen MR) is 80.8 cm³/mol. The molecule has 0 aromatic heterocycles. The fourth-order valence-electron chi connectivity index (χ4n) is 2.61. The van der Waals surface area contributed by atoms with E-state index >= 15 is 0 Å². The van der Waals surface area contributed by atoms with Gasteiger partial charge in [0.2, 0.25) is 5.91 Å². The molecule has 5 heteroatoms. The van der Waals surface area contributed by atoms with Gasteiger partial charge in [0.15, 0.2) is 0 Å². The highest BCUT2D eigenvalue weighted by molar-refractivity contribution is 9.10. The predicted octanol–water partition coefficient (Wildman–Crippen LogP) is 2.37. The number of methoxy groups -OCH3 is 1. The number of halogens is 1. The fraction of sp³-hybridized carbons (Fsp3) is 0.533. The molecular weight excluding hydrogens is 322 g/mol. The fourth-order valence-corrected chi connectivity index (χ4v) is 3.20. The highest BCUT2D eigenvalue weighted by Crippen LogP contribution is 2.26. The number of hydrogen-bond acceptors (Lipinski definition) is 3. The average Bonchev–Trinajstić information content (AvgIpc) is 2.93. The van der Waals surface area contributed by atoms with E-state index in [0.717, 1.165) is 35.2 Å². The summed E-state index contributed by atoms with van der Waals surface area (Å²) in [4.78, 5) is 14.0. The Morgan fingerprint density at radius 1 is 1.55 bits per heavy atom. The lowest BCUT2D eigenvalue weighted by atomic mass is 10.1. The van der Waals surface area contributed by atoms with Crippen molar-refractivity contribution < 1.29 is 14.6 Å². The molecule has 1 heterocycles. The molecule has 4 nitrogen and oxygen atoms in total. The Morgan fingerprint density at radius 3 is 3.00 bits per heavy atom. The summed E-state index contributed by atoms with van der Waals surface area (Å²) in [6, 6.07) is 5.88. The van der Waals surface area contributed by atoms with Crippen LogP contribution in [0.3, 0.4) is 0 Å². The van der Waals surface area contributed by atoms with Gasteiger partial charge in [0.1, 0.15) is 5.75 Å². The van der Waals surface area contributed by atoms with E-state index < -0.39 is 0 Å². The van der Waals surface area contributed by atoms with Crippen LogP contribution in [-0.4, -0.2) is 42.2 Å². The van der Waals surface area contributed by atoms with Crippen LogP contribution in [0.25, 0.3) is 0 Å². The SMILES string of the molecule is COc1ccc(CCC(=O)N2CCC[C@H]2CO)cc1Br. The third-order valence-corrected chi connectivity index (χ3v) is 4.37. The Kier molecular flexibility index (Phi) is 5.43. The van der Waals surface area contributed by atoms with Crippen LogP contribution in [0.4, 0.5) is 0 Å². The summed E-state index contributed by atoms with van der Waals surface area (Å²) in [6.45, 7) is 0.843. The van der Waals surface area contributed by atoms with Crippen molar-refractivity contribution in [3.8, 4) is 5.75 Å². The number of likely N-dealkylation sites (tertiary alicyclic amines) is 1. The highest BCUT2D eigenvalue weighted by Gasteiger charge is 2.27. The van der Waals surface area contributed by atoms with Crippen LogP contribution in [-0.2, 0) is 11.2 Å². The molecule has 1 atom stereocenters. The summed E-state index contributed by atoms with van der Waals surface area (Å²) < 4.78 is 6.09. The summed E-state index contributed by atoms with van der Waals surface area (Å²) in [7, 11) is 1.63. The lowest BCUT2D eigenvalue weighted by Crippen LogP contribution is -2.37.